The number of nitrogens with two attached hydrogens (primary N) is 1. The Hall–Kier alpha value is -1.88. The van der Waals surface area contributed by atoms with Crippen LogP contribution in [0.2, 0.25) is 0 Å². The number of rotatable bonds is 4. The number of amides is 1. The van der Waals surface area contributed by atoms with Gasteiger partial charge < -0.3 is 11.1 Å². The second-order valence-corrected chi connectivity index (χ2v) is 5.08. The monoisotopic (exact) mass is 260 g/mol. The molecule has 0 aliphatic heterocycles. The van der Waals surface area contributed by atoms with Gasteiger partial charge in [0.15, 0.2) is 0 Å². The first-order valence-corrected chi connectivity index (χ1v) is 6.51. The Morgan fingerprint density at radius 3 is 2.79 bits per heavy atom. The summed E-state index contributed by atoms with van der Waals surface area (Å²) in [6.07, 6.45) is 1.84. The Labute approximate surface area is 112 Å². The summed E-state index contributed by atoms with van der Waals surface area (Å²) >= 11 is 0. The Kier molecular flexibility index (Phi) is 3.85. The predicted molar refractivity (Wildman–Crippen MR) is 77.0 cm³/mol. The third-order valence-corrected chi connectivity index (χ3v) is 3.16. The van der Waals surface area contributed by atoms with Gasteiger partial charge in [0.2, 0.25) is 5.91 Å². The standard InChI is InChI=1S/C14H20N4O/c1-9(2)18-13-6-12(5-4-11(13)8-16-18)17-14(19)10(3)7-15/h4-6,8-10H,7,15H2,1-3H3,(H,17,19). The molecule has 5 heteroatoms. The summed E-state index contributed by atoms with van der Waals surface area (Å²) in [5.74, 6) is -0.247. The van der Waals surface area contributed by atoms with E-state index in [9.17, 15) is 4.79 Å². The Morgan fingerprint density at radius 1 is 1.42 bits per heavy atom. The topological polar surface area (TPSA) is 72.9 Å². The molecular weight excluding hydrogens is 240 g/mol. The van der Waals surface area contributed by atoms with Crippen molar-refractivity contribution < 1.29 is 4.79 Å². The van der Waals surface area contributed by atoms with Crippen molar-refractivity contribution in [3.8, 4) is 0 Å². The normalized spacial score (nSPS) is 12.9. The zero-order valence-electron chi connectivity index (χ0n) is 11.6. The quantitative estimate of drug-likeness (QED) is 0.884. The van der Waals surface area contributed by atoms with Crippen LogP contribution in [0.25, 0.3) is 10.9 Å². The van der Waals surface area contributed by atoms with Crippen molar-refractivity contribution in [1.29, 1.82) is 0 Å². The second-order valence-electron chi connectivity index (χ2n) is 5.08. The summed E-state index contributed by atoms with van der Waals surface area (Å²) < 4.78 is 1.94. The molecule has 2 rings (SSSR count). The zero-order chi connectivity index (χ0) is 14.0. The van der Waals surface area contributed by atoms with Crippen LogP contribution in [0.1, 0.15) is 26.8 Å². The van der Waals surface area contributed by atoms with Crippen LogP contribution in [0.4, 0.5) is 5.69 Å². The van der Waals surface area contributed by atoms with Crippen LogP contribution in [0, 0.1) is 5.92 Å². The second kappa shape index (κ2) is 5.40. The molecule has 0 aliphatic carbocycles. The van der Waals surface area contributed by atoms with E-state index >= 15 is 0 Å². The lowest BCUT2D eigenvalue weighted by Crippen LogP contribution is -2.26. The minimum atomic E-state index is -0.189. The zero-order valence-corrected chi connectivity index (χ0v) is 11.6. The molecule has 5 nitrogen and oxygen atoms in total. The van der Waals surface area contributed by atoms with Gasteiger partial charge in [-0.05, 0) is 32.0 Å². The highest BCUT2D eigenvalue weighted by Crippen LogP contribution is 2.22. The molecule has 1 aromatic heterocycles. The number of nitrogens with one attached hydrogen (secondary N) is 1. The number of hydrogen-bond acceptors (Lipinski definition) is 3. The van der Waals surface area contributed by atoms with E-state index < -0.39 is 0 Å². The van der Waals surface area contributed by atoms with Gasteiger partial charge in [-0.25, -0.2) is 0 Å². The van der Waals surface area contributed by atoms with Crippen LogP contribution in [-0.4, -0.2) is 22.2 Å². The Morgan fingerprint density at radius 2 is 2.16 bits per heavy atom. The third-order valence-electron chi connectivity index (χ3n) is 3.16. The molecule has 0 bridgehead atoms. The lowest BCUT2D eigenvalue weighted by atomic mass is 10.1. The number of carbonyl (C=O) groups excluding carboxylic acids is 1. The lowest BCUT2D eigenvalue weighted by Gasteiger charge is -2.11. The smallest absolute Gasteiger partial charge is 0.228 e. The van der Waals surface area contributed by atoms with E-state index in [1.807, 2.05) is 36.0 Å². The summed E-state index contributed by atoms with van der Waals surface area (Å²) in [5, 5.41) is 8.30. The van der Waals surface area contributed by atoms with Crippen molar-refractivity contribution in [3.63, 3.8) is 0 Å². The van der Waals surface area contributed by atoms with E-state index in [4.69, 9.17) is 5.73 Å². The van der Waals surface area contributed by atoms with Crippen molar-refractivity contribution in [3.05, 3.63) is 24.4 Å². The largest absolute Gasteiger partial charge is 0.330 e. The molecule has 0 fully saturated rings. The molecule has 2 aromatic rings. The molecule has 0 spiro atoms. The van der Waals surface area contributed by atoms with Crippen molar-refractivity contribution in [2.24, 2.45) is 11.7 Å². The summed E-state index contributed by atoms with van der Waals surface area (Å²) in [7, 11) is 0. The van der Waals surface area contributed by atoms with Gasteiger partial charge in [0.25, 0.3) is 0 Å². The number of fused-ring (bicyclic) bond motifs is 1. The molecule has 1 unspecified atom stereocenters. The summed E-state index contributed by atoms with van der Waals surface area (Å²) in [5.41, 5.74) is 7.29. The molecule has 1 atom stereocenters. The maximum atomic E-state index is 11.8. The highest BCUT2D eigenvalue weighted by molar-refractivity contribution is 5.94. The summed E-state index contributed by atoms with van der Waals surface area (Å²) in [6, 6.07) is 6.08. The Balaban J connectivity index is 2.30. The average Bonchev–Trinajstić information content (AvgIpc) is 2.80. The van der Waals surface area contributed by atoms with Crippen LogP contribution in [-0.2, 0) is 4.79 Å². The first-order valence-electron chi connectivity index (χ1n) is 6.51. The van der Waals surface area contributed by atoms with Gasteiger partial charge >= 0.3 is 0 Å². The van der Waals surface area contributed by atoms with Gasteiger partial charge in [0.05, 0.1) is 11.7 Å². The van der Waals surface area contributed by atoms with Crippen molar-refractivity contribution >= 4 is 22.5 Å². The number of benzene rings is 1. The average molecular weight is 260 g/mol. The minimum Gasteiger partial charge on any atom is -0.330 e. The fourth-order valence-corrected chi connectivity index (χ4v) is 1.90. The highest BCUT2D eigenvalue weighted by Gasteiger charge is 2.12. The van der Waals surface area contributed by atoms with E-state index in [1.165, 1.54) is 0 Å². The molecule has 1 amide bonds. The minimum absolute atomic E-state index is 0.0579. The van der Waals surface area contributed by atoms with Crippen molar-refractivity contribution in [2.45, 2.75) is 26.8 Å². The molecule has 102 valence electrons. The number of hydrogen-bond donors (Lipinski definition) is 2. The van der Waals surface area contributed by atoms with E-state index in [0.29, 0.717) is 6.54 Å². The van der Waals surface area contributed by atoms with Gasteiger partial charge in [0.1, 0.15) is 0 Å². The molecule has 19 heavy (non-hydrogen) atoms. The lowest BCUT2D eigenvalue weighted by molar-refractivity contribution is -0.119. The van der Waals surface area contributed by atoms with Gasteiger partial charge in [-0.3, -0.25) is 9.48 Å². The molecule has 0 saturated carbocycles. The number of anilines is 1. The molecule has 0 saturated heterocycles. The van der Waals surface area contributed by atoms with Crippen LogP contribution in [0.15, 0.2) is 24.4 Å². The van der Waals surface area contributed by atoms with Crippen molar-refractivity contribution in [2.75, 3.05) is 11.9 Å². The molecule has 3 N–H and O–H groups in total. The summed E-state index contributed by atoms with van der Waals surface area (Å²) in [4.78, 5) is 11.8. The van der Waals surface area contributed by atoms with Crippen molar-refractivity contribution in [1.82, 2.24) is 9.78 Å². The fraction of sp³-hybridized carbons (Fsp3) is 0.429. The van der Waals surface area contributed by atoms with Gasteiger partial charge in [-0.15, -0.1) is 0 Å². The highest BCUT2D eigenvalue weighted by atomic mass is 16.1. The molecule has 0 aliphatic rings. The van der Waals surface area contributed by atoms with E-state index in [0.717, 1.165) is 16.6 Å². The predicted octanol–water partition coefficient (Wildman–Crippen LogP) is 2.15. The van der Waals surface area contributed by atoms with E-state index in [-0.39, 0.29) is 17.9 Å². The van der Waals surface area contributed by atoms with Crippen LogP contribution >= 0.6 is 0 Å². The first-order chi connectivity index (χ1) is 9.02. The van der Waals surface area contributed by atoms with Crippen LogP contribution < -0.4 is 11.1 Å². The number of carbonyl (C=O) groups is 1. The fourth-order valence-electron chi connectivity index (χ4n) is 1.90. The van der Waals surface area contributed by atoms with Gasteiger partial charge in [0, 0.05) is 29.6 Å². The maximum Gasteiger partial charge on any atom is 0.228 e. The molecular formula is C14H20N4O. The van der Waals surface area contributed by atoms with Gasteiger partial charge in [-0.1, -0.05) is 6.92 Å². The SMILES string of the molecule is CC(CN)C(=O)Nc1ccc2cnn(C(C)C)c2c1. The molecule has 1 heterocycles. The molecule has 1 aromatic carbocycles. The Bertz CT molecular complexity index is 588. The van der Waals surface area contributed by atoms with Gasteiger partial charge in [-0.2, -0.15) is 5.10 Å². The van der Waals surface area contributed by atoms with E-state index in [1.54, 1.807) is 0 Å². The number of aromatic nitrogens is 2. The number of nitrogens with zero attached hydrogens (tertiary/aromatic N) is 2. The third kappa shape index (κ3) is 2.76. The maximum absolute atomic E-state index is 11.8. The van der Waals surface area contributed by atoms with E-state index in [2.05, 4.69) is 24.3 Å². The first kappa shape index (κ1) is 13.5. The van der Waals surface area contributed by atoms with Crippen LogP contribution in [0.5, 0.6) is 0 Å². The summed E-state index contributed by atoms with van der Waals surface area (Å²) in [6.45, 7) is 6.31. The molecule has 0 radical (unpaired) electrons. The van der Waals surface area contributed by atoms with Crippen LogP contribution in [0.3, 0.4) is 0 Å².